The van der Waals surface area contributed by atoms with Crippen LogP contribution in [0.25, 0.3) is 0 Å². The van der Waals surface area contributed by atoms with Gasteiger partial charge in [0.25, 0.3) is 0 Å². The molecule has 150 valence electrons. The first kappa shape index (κ1) is 18.1. The summed E-state index contributed by atoms with van der Waals surface area (Å²) in [5.41, 5.74) is 1.27. The van der Waals surface area contributed by atoms with Gasteiger partial charge in [0, 0.05) is 45.2 Å². The Labute approximate surface area is 170 Å². The van der Waals surface area contributed by atoms with Gasteiger partial charge >= 0.3 is 0 Å². The van der Waals surface area contributed by atoms with Gasteiger partial charge < -0.3 is 14.0 Å². The van der Waals surface area contributed by atoms with E-state index in [-0.39, 0.29) is 0 Å². The third-order valence-electron chi connectivity index (χ3n) is 5.85. The van der Waals surface area contributed by atoms with Gasteiger partial charge in [-0.15, -0.1) is 0 Å². The van der Waals surface area contributed by atoms with Gasteiger partial charge in [0.05, 0.1) is 6.67 Å². The Bertz CT molecular complexity index is 912. The fraction of sp³-hybridized carbons (Fsp3) is 0.600. The molecule has 8 heteroatoms. The molecule has 0 bridgehead atoms. The Balaban J connectivity index is 1.18. The number of rotatable bonds is 6. The van der Waals surface area contributed by atoms with Crippen molar-refractivity contribution < 1.29 is 9.47 Å². The van der Waals surface area contributed by atoms with Gasteiger partial charge in [-0.1, -0.05) is 6.07 Å². The van der Waals surface area contributed by atoms with Crippen molar-refractivity contribution in [1.82, 2.24) is 24.1 Å². The van der Waals surface area contributed by atoms with Crippen LogP contribution in [0.5, 0.6) is 11.5 Å². The molecule has 1 aliphatic carbocycles. The summed E-state index contributed by atoms with van der Waals surface area (Å²) in [4.78, 5) is 4.95. The summed E-state index contributed by atoms with van der Waals surface area (Å²) in [6, 6.07) is 6.25. The Morgan fingerprint density at radius 3 is 2.57 bits per heavy atom. The molecular weight excluding hydrogens is 374 g/mol. The molecule has 0 atom stereocenters. The second-order valence-corrected chi connectivity index (χ2v) is 8.25. The standard InChI is InChI=1S/C20H27N5O2S/c1-2-24-19(16-4-5-16)21-25(20(24)28)13-23-9-7-22(8-10-23)12-15-3-6-17-18(11-15)27-14-26-17/h3,6,11,16H,2,4-5,7-10,12-14H2,1H3. The van der Waals surface area contributed by atoms with Crippen molar-refractivity contribution in [2.24, 2.45) is 0 Å². The van der Waals surface area contributed by atoms with Crippen molar-refractivity contribution in [3.05, 3.63) is 34.4 Å². The number of benzene rings is 1. The zero-order valence-electron chi connectivity index (χ0n) is 16.3. The monoisotopic (exact) mass is 401 g/mol. The van der Waals surface area contributed by atoms with Crippen LogP contribution in [0, 0.1) is 4.77 Å². The van der Waals surface area contributed by atoms with Gasteiger partial charge in [-0.05, 0) is 49.7 Å². The quantitative estimate of drug-likeness (QED) is 0.694. The average Bonchev–Trinajstić information content (AvgIpc) is 3.37. The lowest BCUT2D eigenvalue weighted by Crippen LogP contribution is -2.46. The first-order valence-corrected chi connectivity index (χ1v) is 10.6. The molecule has 2 fully saturated rings. The van der Waals surface area contributed by atoms with Crippen molar-refractivity contribution in [2.45, 2.75) is 45.4 Å². The minimum Gasteiger partial charge on any atom is -0.454 e. The molecule has 2 aromatic rings. The summed E-state index contributed by atoms with van der Waals surface area (Å²) in [6.45, 7) is 9.29. The molecule has 0 unspecified atom stereocenters. The first-order chi connectivity index (χ1) is 13.7. The lowest BCUT2D eigenvalue weighted by atomic mass is 10.1. The molecule has 1 saturated heterocycles. The second-order valence-electron chi connectivity index (χ2n) is 7.88. The average molecular weight is 402 g/mol. The van der Waals surface area contributed by atoms with E-state index in [9.17, 15) is 0 Å². The molecule has 0 amide bonds. The van der Waals surface area contributed by atoms with Crippen LogP contribution in [0.3, 0.4) is 0 Å². The summed E-state index contributed by atoms with van der Waals surface area (Å²) in [5.74, 6) is 3.53. The second kappa shape index (κ2) is 7.50. The third-order valence-corrected chi connectivity index (χ3v) is 6.28. The number of fused-ring (bicyclic) bond motifs is 1. The highest BCUT2D eigenvalue weighted by atomic mass is 32.1. The van der Waals surface area contributed by atoms with E-state index in [1.807, 2.05) is 10.7 Å². The van der Waals surface area contributed by atoms with Crippen molar-refractivity contribution in [1.29, 1.82) is 0 Å². The fourth-order valence-electron chi connectivity index (χ4n) is 4.07. The topological polar surface area (TPSA) is 47.7 Å². The van der Waals surface area contributed by atoms with E-state index in [0.29, 0.717) is 12.7 Å². The van der Waals surface area contributed by atoms with Crippen LogP contribution in [-0.2, 0) is 19.8 Å². The number of hydrogen-bond donors (Lipinski definition) is 0. The van der Waals surface area contributed by atoms with Crippen LogP contribution in [-0.4, -0.2) is 57.1 Å². The predicted octanol–water partition coefficient (Wildman–Crippen LogP) is 2.82. The molecule has 7 nitrogen and oxygen atoms in total. The molecule has 2 aliphatic heterocycles. The molecule has 0 radical (unpaired) electrons. The van der Waals surface area contributed by atoms with Crippen LogP contribution in [0.4, 0.5) is 0 Å². The number of nitrogens with zero attached hydrogens (tertiary/aromatic N) is 5. The minimum absolute atomic E-state index is 0.330. The van der Waals surface area contributed by atoms with E-state index < -0.39 is 0 Å². The fourth-order valence-corrected chi connectivity index (χ4v) is 4.39. The number of piperazine rings is 1. The van der Waals surface area contributed by atoms with Crippen LogP contribution >= 0.6 is 12.2 Å². The summed E-state index contributed by atoms with van der Waals surface area (Å²) in [6.07, 6.45) is 2.51. The van der Waals surface area contributed by atoms with Crippen molar-refractivity contribution in [3.63, 3.8) is 0 Å². The Morgan fingerprint density at radius 1 is 1.07 bits per heavy atom. The maximum absolute atomic E-state index is 5.68. The zero-order valence-corrected chi connectivity index (χ0v) is 17.2. The molecule has 1 aromatic heterocycles. The van der Waals surface area contributed by atoms with Gasteiger partial charge in [0.1, 0.15) is 5.82 Å². The Morgan fingerprint density at radius 2 is 1.82 bits per heavy atom. The third kappa shape index (κ3) is 3.56. The van der Waals surface area contributed by atoms with Gasteiger partial charge in [0.15, 0.2) is 16.3 Å². The lowest BCUT2D eigenvalue weighted by Gasteiger charge is -2.34. The summed E-state index contributed by atoms with van der Waals surface area (Å²) in [7, 11) is 0. The van der Waals surface area contributed by atoms with Gasteiger partial charge in [0.2, 0.25) is 6.79 Å². The summed E-state index contributed by atoms with van der Waals surface area (Å²) in [5, 5.41) is 4.85. The molecule has 3 aliphatic rings. The summed E-state index contributed by atoms with van der Waals surface area (Å²) >= 11 is 5.68. The number of aromatic nitrogens is 3. The van der Waals surface area contributed by atoms with E-state index in [2.05, 4.69) is 33.4 Å². The molecule has 1 aromatic carbocycles. The van der Waals surface area contributed by atoms with Gasteiger partial charge in [-0.2, -0.15) is 5.10 Å². The van der Waals surface area contributed by atoms with Gasteiger partial charge in [-0.3, -0.25) is 9.80 Å². The Kier molecular flexibility index (Phi) is 4.86. The molecule has 1 saturated carbocycles. The summed E-state index contributed by atoms with van der Waals surface area (Å²) < 4.78 is 16.0. The van der Waals surface area contributed by atoms with Crippen molar-refractivity contribution >= 4 is 12.2 Å². The zero-order chi connectivity index (χ0) is 19.1. The van der Waals surface area contributed by atoms with E-state index in [0.717, 1.165) is 62.2 Å². The van der Waals surface area contributed by atoms with E-state index in [1.54, 1.807) is 0 Å². The smallest absolute Gasteiger partial charge is 0.231 e. The van der Waals surface area contributed by atoms with Crippen LogP contribution in [0.2, 0.25) is 0 Å². The number of hydrogen-bond acceptors (Lipinski definition) is 6. The molecule has 0 N–H and O–H groups in total. The van der Waals surface area contributed by atoms with E-state index >= 15 is 0 Å². The van der Waals surface area contributed by atoms with Crippen LogP contribution in [0.15, 0.2) is 18.2 Å². The maximum Gasteiger partial charge on any atom is 0.231 e. The van der Waals surface area contributed by atoms with Crippen molar-refractivity contribution in [3.8, 4) is 11.5 Å². The van der Waals surface area contributed by atoms with E-state index in [4.69, 9.17) is 26.8 Å². The maximum atomic E-state index is 5.68. The van der Waals surface area contributed by atoms with Crippen LogP contribution in [0.1, 0.15) is 37.1 Å². The first-order valence-electron chi connectivity index (χ1n) is 10.2. The minimum atomic E-state index is 0.330. The lowest BCUT2D eigenvalue weighted by molar-refractivity contribution is 0.0978. The highest BCUT2D eigenvalue weighted by Gasteiger charge is 2.30. The Hall–Kier alpha value is -1.90. The highest BCUT2D eigenvalue weighted by molar-refractivity contribution is 7.71. The SMILES string of the molecule is CCn1c(C2CC2)nn(CN2CCN(Cc3ccc4c(c3)OCO4)CC2)c1=S. The van der Waals surface area contributed by atoms with Gasteiger partial charge in [-0.25, -0.2) is 4.68 Å². The molecule has 3 heterocycles. The molecule has 5 rings (SSSR count). The van der Waals surface area contributed by atoms with Crippen LogP contribution < -0.4 is 9.47 Å². The van der Waals surface area contributed by atoms with E-state index in [1.165, 1.54) is 24.2 Å². The molecule has 28 heavy (non-hydrogen) atoms. The number of ether oxygens (including phenoxy) is 2. The van der Waals surface area contributed by atoms with Crippen molar-refractivity contribution in [2.75, 3.05) is 33.0 Å². The molecular formula is C20H27N5O2S. The largest absolute Gasteiger partial charge is 0.454 e. The predicted molar refractivity (Wildman–Crippen MR) is 108 cm³/mol. The highest BCUT2D eigenvalue weighted by Crippen LogP contribution is 2.39. The molecule has 0 spiro atoms. The normalized spacial score (nSPS) is 20.0.